The van der Waals surface area contributed by atoms with Crippen LogP contribution in [0.15, 0.2) is 27.4 Å². The molecular formula is C13H16N2O2. The minimum atomic E-state index is -0.362. The van der Waals surface area contributed by atoms with Gasteiger partial charge in [-0.25, -0.2) is 9.78 Å². The Morgan fingerprint density at radius 1 is 1.35 bits per heavy atom. The van der Waals surface area contributed by atoms with Crippen LogP contribution in [-0.2, 0) is 0 Å². The Morgan fingerprint density at radius 3 is 2.71 bits per heavy atom. The maximum Gasteiger partial charge on any atom is 0.347 e. The van der Waals surface area contributed by atoms with Crippen molar-refractivity contribution >= 4 is 10.9 Å². The summed E-state index contributed by atoms with van der Waals surface area (Å²) in [5.74, 6) is 0.482. The molecule has 1 heterocycles. The van der Waals surface area contributed by atoms with Crippen molar-refractivity contribution in [2.24, 2.45) is 11.7 Å². The van der Waals surface area contributed by atoms with Crippen LogP contribution in [0.5, 0.6) is 0 Å². The first-order chi connectivity index (χ1) is 8.00. The van der Waals surface area contributed by atoms with Gasteiger partial charge in [0.15, 0.2) is 0 Å². The van der Waals surface area contributed by atoms with Crippen molar-refractivity contribution in [2.75, 3.05) is 0 Å². The topological polar surface area (TPSA) is 69.1 Å². The van der Waals surface area contributed by atoms with E-state index in [0.29, 0.717) is 16.8 Å². The lowest BCUT2D eigenvalue weighted by molar-refractivity contribution is 0.360. The number of aromatic nitrogens is 1. The average molecular weight is 232 g/mol. The molecule has 0 aliphatic rings. The minimum Gasteiger partial charge on any atom is -0.406 e. The zero-order chi connectivity index (χ0) is 12.6. The molecule has 0 saturated carbocycles. The Bertz CT molecular complexity index is 602. The lowest BCUT2D eigenvalue weighted by Gasteiger charge is -2.13. The number of nitrogens with two attached hydrogens (primary N) is 1. The van der Waals surface area contributed by atoms with Crippen LogP contribution in [0.1, 0.15) is 31.3 Å². The van der Waals surface area contributed by atoms with E-state index in [9.17, 15) is 4.79 Å². The van der Waals surface area contributed by atoms with Gasteiger partial charge in [0, 0.05) is 0 Å². The monoisotopic (exact) mass is 232 g/mol. The Hall–Kier alpha value is -1.68. The van der Waals surface area contributed by atoms with Crippen LogP contribution in [0, 0.1) is 12.8 Å². The Kier molecular flexibility index (Phi) is 2.98. The largest absolute Gasteiger partial charge is 0.406 e. The van der Waals surface area contributed by atoms with Crippen LogP contribution in [0.2, 0.25) is 0 Å². The van der Waals surface area contributed by atoms with Gasteiger partial charge in [0.05, 0.1) is 16.9 Å². The fourth-order valence-corrected chi connectivity index (χ4v) is 1.73. The lowest BCUT2D eigenvalue weighted by atomic mass is 10.1. The molecule has 4 nitrogen and oxygen atoms in total. The molecule has 0 aliphatic heterocycles. The van der Waals surface area contributed by atoms with E-state index in [1.807, 2.05) is 32.9 Å². The van der Waals surface area contributed by atoms with Crippen molar-refractivity contribution in [1.29, 1.82) is 0 Å². The van der Waals surface area contributed by atoms with Gasteiger partial charge in [-0.15, -0.1) is 0 Å². The first-order valence-corrected chi connectivity index (χ1v) is 5.66. The fourth-order valence-electron chi connectivity index (χ4n) is 1.73. The maximum atomic E-state index is 11.9. The molecule has 1 aromatic heterocycles. The summed E-state index contributed by atoms with van der Waals surface area (Å²) in [6, 6.07) is 5.18. The third-order valence-corrected chi connectivity index (χ3v) is 2.89. The molecule has 17 heavy (non-hydrogen) atoms. The van der Waals surface area contributed by atoms with Crippen LogP contribution in [0.4, 0.5) is 0 Å². The van der Waals surface area contributed by atoms with E-state index in [-0.39, 0.29) is 17.6 Å². The third-order valence-electron chi connectivity index (χ3n) is 2.89. The zero-order valence-electron chi connectivity index (χ0n) is 10.2. The molecule has 0 spiro atoms. The molecular weight excluding hydrogens is 216 g/mol. The first kappa shape index (κ1) is 11.8. The summed E-state index contributed by atoms with van der Waals surface area (Å²) in [7, 11) is 0. The van der Waals surface area contributed by atoms with Crippen molar-refractivity contribution in [3.63, 3.8) is 0 Å². The Labute approximate surface area is 99.5 Å². The highest BCUT2D eigenvalue weighted by molar-refractivity contribution is 5.80. The van der Waals surface area contributed by atoms with Crippen molar-refractivity contribution in [1.82, 2.24) is 4.98 Å². The molecule has 0 bridgehead atoms. The van der Waals surface area contributed by atoms with Crippen molar-refractivity contribution in [3.8, 4) is 0 Å². The molecule has 1 atom stereocenters. The normalized spacial score (nSPS) is 13.2. The van der Waals surface area contributed by atoms with E-state index in [2.05, 4.69) is 4.98 Å². The molecule has 0 radical (unpaired) electrons. The zero-order valence-corrected chi connectivity index (χ0v) is 10.2. The molecule has 2 N–H and O–H groups in total. The summed E-state index contributed by atoms with van der Waals surface area (Å²) < 4.78 is 5.20. The summed E-state index contributed by atoms with van der Waals surface area (Å²) in [4.78, 5) is 16.2. The van der Waals surface area contributed by atoms with Crippen molar-refractivity contribution < 1.29 is 4.42 Å². The summed E-state index contributed by atoms with van der Waals surface area (Å²) in [5, 5.41) is 0.534. The van der Waals surface area contributed by atoms with Crippen LogP contribution >= 0.6 is 0 Å². The number of nitrogens with zero attached hydrogens (tertiary/aromatic N) is 1. The molecule has 0 fully saturated rings. The molecule has 0 amide bonds. The number of hydrogen-bond acceptors (Lipinski definition) is 4. The predicted molar refractivity (Wildman–Crippen MR) is 66.8 cm³/mol. The second kappa shape index (κ2) is 4.30. The van der Waals surface area contributed by atoms with Crippen LogP contribution < -0.4 is 11.4 Å². The van der Waals surface area contributed by atoms with Crippen molar-refractivity contribution in [2.45, 2.75) is 26.8 Å². The van der Waals surface area contributed by atoms with Crippen molar-refractivity contribution in [3.05, 3.63) is 40.1 Å². The highest BCUT2D eigenvalue weighted by Crippen LogP contribution is 2.19. The van der Waals surface area contributed by atoms with E-state index >= 15 is 0 Å². The van der Waals surface area contributed by atoms with Crippen LogP contribution in [0.25, 0.3) is 10.9 Å². The smallest absolute Gasteiger partial charge is 0.347 e. The second-order valence-electron chi connectivity index (χ2n) is 4.58. The summed E-state index contributed by atoms with van der Waals surface area (Å²) in [6.07, 6.45) is 0. The highest BCUT2D eigenvalue weighted by Gasteiger charge is 2.17. The summed E-state index contributed by atoms with van der Waals surface area (Å²) in [5.41, 5.74) is 7.09. The molecule has 0 saturated heterocycles. The maximum absolute atomic E-state index is 11.9. The molecule has 1 unspecified atom stereocenters. The second-order valence-corrected chi connectivity index (χ2v) is 4.58. The van der Waals surface area contributed by atoms with E-state index in [0.717, 1.165) is 5.56 Å². The first-order valence-electron chi connectivity index (χ1n) is 5.66. The highest BCUT2D eigenvalue weighted by atomic mass is 16.4. The van der Waals surface area contributed by atoms with Gasteiger partial charge < -0.3 is 10.2 Å². The molecule has 0 aliphatic carbocycles. The van der Waals surface area contributed by atoms with Gasteiger partial charge >= 0.3 is 5.63 Å². The molecule has 4 heteroatoms. The van der Waals surface area contributed by atoms with E-state index in [1.54, 1.807) is 6.07 Å². The third kappa shape index (κ3) is 2.08. The number of hydrogen-bond donors (Lipinski definition) is 1. The Balaban J connectivity index is 2.69. The van der Waals surface area contributed by atoms with Crippen LogP contribution in [-0.4, -0.2) is 4.98 Å². The van der Waals surface area contributed by atoms with Gasteiger partial charge in [-0.2, -0.15) is 0 Å². The molecule has 2 rings (SSSR count). The van der Waals surface area contributed by atoms with Gasteiger partial charge in [0.1, 0.15) is 0 Å². The number of rotatable bonds is 2. The van der Waals surface area contributed by atoms with E-state index in [4.69, 9.17) is 10.2 Å². The Morgan fingerprint density at radius 2 is 2.06 bits per heavy atom. The van der Waals surface area contributed by atoms with Gasteiger partial charge in [-0.3, -0.25) is 0 Å². The fraction of sp³-hybridized carbons (Fsp3) is 0.385. The van der Waals surface area contributed by atoms with Gasteiger partial charge in [-0.1, -0.05) is 26.0 Å². The predicted octanol–water partition coefficient (Wildman–Crippen LogP) is 2.15. The van der Waals surface area contributed by atoms with Gasteiger partial charge in [0.2, 0.25) is 5.89 Å². The summed E-state index contributed by atoms with van der Waals surface area (Å²) in [6.45, 7) is 5.79. The number of aryl methyl sites for hydroxylation is 1. The minimum absolute atomic E-state index is 0.174. The SMILES string of the molecule is Cc1cccc2nc(C(N)C(C)C)oc(=O)c12. The number of fused-ring (bicyclic) bond motifs is 1. The van der Waals surface area contributed by atoms with Gasteiger partial charge in [-0.05, 0) is 24.5 Å². The standard InChI is InChI=1S/C13H16N2O2/c1-7(2)11(14)12-15-9-6-4-5-8(3)10(9)13(16)17-12/h4-7,11H,14H2,1-3H3. The number of benzene rings is 1. The molecule has 2 aromatic rings. The van der Waals surface area contributed by atoms with Crippen LogP contribution in [0.3, 0.4) is 0 Å². The summed E-state index contributed by atoms with van der Waals surface area (Å²) >= 11 is 0. The van der Waals surface area contributed by atoms with Gasteiger partial charge in [0.25, 0.3) is 0 Å². The quantitative estimate of drug-likeness (QED) is 0.861. The lowest BCUT2D eigenvalue weighted by Crippen LogP contribution is -2.20. The average Bonchev–Trinajstić information content (AvgIpc) is 2.27. The molecule has 90 valence electrons. The molecule has 1 aromatic carbocycles. The van der Waals surface area contributed by atoms with E-state index in [1.165, 1.54) is 0 Å². The van der Waals surface area contributed by atoms with E-state index < -0.39 is 0 Å².